The molecule has 0 N–H and O–H groups in total. The van der Waals surface area contributed by atoms with E-state index < -0.39 is 0 Å². The third kappa shape index (κ3) is 9.62. The second kappa shape index (κ2) is 12.5. The molecule has 0 unspecified atom stereocenters. The fourth-order valence-electron chi connectivity index (χ4n) is 2.31. The first-order valence-corrected chi connectivity index (χ1v) is 9.29. The van der Waals surface area contributed by atoms with Gasteiger partial charge in [-0.1, -0.05) is 64.7 Å². The zero-order chi connectivity index (χ0) is 14.5. The van der Waals surface area contributed by atoms with Crippen LogP contribution in [0.3, 0.4) is 0 Å². The van der Waals surface area contributed by atoms with E-state index in [1.807, 2.05) is 0 Å². The van der Waals surface area contributed by atoms with Gasteiger partial charge in [-0.3, -0.25) is 0 Å². The predicted molar refractivity (Wildman–Crippen MR) is 96.5 cm³/mol. The van der Waals surface area contributed by atoms with Crippen LogP contribution in [0.4, 0.5) is 0 Å². The van der Waals surface area contributed by atoms with Gasteiger partial charge in [0, 0.05) is 3.57 Å². The van der Waals surface area contributed by atoms with Crippen LogP contribution in [0.1, 0.15) is 71.1 Å². The standard InChI is InChI=1S/C18H29IO/c1-2-3-4-5-6-7-8-9-10-11-16-20-18-14-12-17(19)13-15-18/h12-15H,2-11,16H2,1H3. The summed E-state index contributed by atoms with van der Waals surface area (Å²) in [6.07, 6.45) is 13.7. The van der Waals surface area contributed by atoms with Crippen molar-refractivity contribution in [2.45, 2.75) is 71.1 Å². The maximum Gasteiger partial charge on any atom is 0.119 e. The van der Waals surface area contributed by atoms with Gasteiger partial charge in [0.2, 0.25) is 0 Å². The zero-order valence-electron chi connectivity index (χ0n) is 12.9. The lowest BCUT2D eigenvalue weighted by atomic mass is 10.1. The lowest BCUT2D eigenvalue weighted by Crippen LogP contribution is -1.97. The highest BCUT2D eigenvalue weighted by molar-refractivity contribution is 14.1. The van der Waals surface area contributed by atoms with Gasteiger partial charge in [0.05, 0.1) is 6.61 Å². The lowest BCUT2D eigenvalue weighted by molar-refractivity contribution is 0.304. The van der Waals surface area contributed by atoms with Crippen molar-refractivity contribution in [1.82, 2.24) is 0 Å². The van der Waals surface area contributed by atoms with Gasteiger partial charge >= 0.3 is 0 Å². The Morgan fingerprint density at radius 2 is 1.25 bits per heavy atom. The summed E-state index contributed by atoms with van der Waals surface area (Å²) in [5, 5.41) is 0. The number of halogens is 1. The Morgan fingerprint density at radius 1 is 0.750 bits per heavy atom. The van der Waals surface area contributed by atoms with Crippen LogP contribution >= 0.6 is 22.6 Å². The number of ether oxygens (including phenoxy) is 1. The molecule has 0 aliphatic heterocycles. The Bertz CT molecular complexity index is 321. The van der Waals surface area contributed by atoms with Crippen molar-refractivity contribution in [1.29, 1.82) is 0 Å². The number of hydrogen-bond acceptors (Lipinski definition) is 1. The first kappa shape index (κ1) is 17.8. The molecule has 0 aliphatic carbocycles. The Labute approximate surface area is 138 Å². The van der Waals surface area contributed by atoms with E-state index in [1.165, 1.54) is 67.8 Å². The molecule has 1 rings (SSSR count). The van der Waals surface area contributed by atoms with Crippen molar-refractivity contribution in [2.75, 3.05) is 6.61 Å². The van der Waals surface area contributed by atoms with Crippen LogP contribution in [-0.2, 0) is 0 Å². The van der Waals surface area contributed by atoms with Crippen LogP contribution in [0.15, 0.2) is 24.3 Å². The topological polar surface area (TPSA) is 9.23 Å². The molecule has 20 heavy (non-hydrogen) atoms. The van der Waals surface area contributed by atoms with Gasteiger partial charge < -0.3 is 4.74 Å². The Morgan fingerprint density at radius 3 is 1.80 bits per heavy atom. The molecule has 0 bridgehead atoms. The van der Waals surface area contributed by atoms with Gasteiger partial charge in [-0.15, -0.1) is 0 Å². The van der Waals surface area contributed by atoms with Gasteiger partial charge in [0.25, 0.3) is 0 Å². The summed E-state index contributed by atoms with van der Waals surface area (Å²) < 4.78 is 6.99. The van der Waals surface area contributed by atoms with Crippen LogP contribution in [0.2, 0.25) is 0 Å². The van der Waals surface area contributed by atoms with E-state index in [9.17, 15) is 0 Å². The molecule has 0 atom stereocenters. The van der Waals surface area contributed by atoms with Gasteiger partial charge in [-0.25, -0.2) is 0 Å². The van der Waals surface area contributed by atoms with E-state index in [0.29, 0.717) is 0 Å². The summed E-state index contributed by atoms with van der Waals surface area (Å²) in [5.74, 6) is 1.00. The van der Waals surface area contributed by atoms with Crippen molar-refractivity contribution in [3.8, 4) is 5.75 Å². The molecule has 0 amide bonds. The van der Waals surface area contributed by atoms with Crippen LogP contribution in [-0.4, -0.2) is 6.61 Å². The molecule has 0 saturated heterocycles. The van der Waals surface area contributed by atoms with Gasteiger partial charge in [-0.2, -0.15) is 0 Å². The Balaban J connectivity index is 1.84. The third-order valence-corrected chi connectivity index (χ3v) is 4.30. The molecule has 2 heteroatoms. The summed E-state index contributed by atoms with van der Waals surface area (Å²) in [6, 6.07) is 8.29. The molecule has 0 aromatic heterocycles. The molecule has 0 fully saturated rings. The first-order valence-electron chi connectivity index (χ1n) is 8.21. The SMILES string of the molecule is CCCCCCCCCCCCOc1ccc(I)cc1. The Kier molecular flexibility index (Phi) is 11.1. The van der Waals surface area contributed by atoms with E-state index in [0.717, 1.165) is 12.4 Å². The molecule has 0 radical (unpaired) electrons. The van der Waals surface area contributed by atoms with Crippen LogP contribution in [0, 0.1) is 3.57 Å². The fraction of sp³-hybridized carbons (Fsp3) is 0.667. The van der Waals surface area contributed by atoms with Crippen molar-refractivity contribution in [3.63, 3.8) is 0 Å². The van der Waals surface area contributed by atoms with Crippen molar-refractivity contribution in [3.05, 3.63) is 27.8 Å². The minimum absolute atomic E-state index is 0.858. The maximum absolute atomic E-state index is 5.73. The summed E-state index contributed by atoms with van der Waals surface area (Å²) in [6.45, 7) is 3.13. The van der Waals surface area contributed by atoms with Crippen LogP contribution < -0.4 is 4.74 Å². The normalized spacial score (nSPS) is 10.7. The highest BCUT2D eigenvalue weighted by Crippen LogP contribution is 2.14. The molecule has 0 spiro atoms. The van der Waals surface area contributed by atoms with E-state index in [-0.39, 0.29) is 0 Å². The van der Waals surface area contributed by atoms with E-state index in [1.54, 1.807) is 0 Å². The van der Waals surface area contributed by atoms with Crippen LogP contribution in [0.5, 0.6) is 5.75 Å². The van der Waals surface area contributed by atoms with Gasteiger partial charge in [0.15, 0.2) is 0 Å². The first-order chi connectivity index (χ1) is 9.83. The molecule has 0 saturated carbocycles. The van der Waals surface area contributed by atoms with E-state index >= 15 is 0 Å². The fourth-order valence-corrected chi connectivity index (χ4v) is 2.67. The Hall–Kier alpha value is -0.250. The van der Waals surface area contributed by atoms with Gasteiger partial charge in [-0.05, 0) is 53.3 Å². The summed E-state index contributed by atoms with van der Waals surface area (Å²) in [5.41, 5.74) is 0. The van der Waals surface area contributed by atoms with Crippen molar-refractivity contribution < 1.29 is 4.74 Å². The molecule has 114 valence electrons. The number of unbranched alkanes of at least 4 members (excludes halogenated alkanes) is 9. The average Bonchev–Trinajstić information content (AvgIpc) is 2.47. The average molecular weight is 388 g/mol. The molecule has 1 aromatic carbocycles. The second-order valence-corrected chi connectivity index (χ2v) is 6.73. The minimum atomic E-state index is 0.858. The molecule has 0 heterocycles. The molecule has 1 nitrogen and oxygen atoms in total. The van der Waals surface area contributed by atoms with Gasteiger partial charge in [0.1, 0.15) is 5.75 Å². The molecule has 0 aliphatic rings. The second-order valence-electron chi connectivity index (χ2n) is 5.48. The summed E-state index contributed by atoms with van der Waals surface area (Å²) in [4.78, 5) is 0. The van der Waals surface area contributed by atoms with Crippen molar-refractivity contribution in [2.24, 2.45) is 0 Å². The van der Waals surface area contributed by atoms with E-state index in [2.05, 4.69) is 53.8 Å². The number of benzene rings is 1. The minimum Gasteiger partial charge on any atom is -0.494 e. The van der Waals surface area contributed by atoms with Crippen molar-refractivity contribution >= 4 is 22.6 Å². The number of rotatable bonds is 12. The lowest BCUT2D eigenvalue weighted by Gasteiger charge is -2.06. The predicted octanol–water partition coefficient (Wildman–Crippen LogP) is 6.59. The quantitative estimate of drug-likeness (QED) is 0.290. The largest absolute Gasteiger partial charge is 0.494 e. The molecular formula is C18H29IO. The summed E-state index contributed by atoms with van der Waals surface area (Å²) >= 11 is 2.31. The maximum atomic E-state index is 5.73. The highest BCUT2D eigenvalue weighted by Gasteiger charge is 1.95. The zero-order valence-corrected chi connectivity index (χ0v) is 15.0. The third-order valence-electron chi connectivity index (χ3n) is 3.58. The highest BCUT2D eigenvalue weighted by atomic mass is 127. The monoisotopic (exact) mass is 388 g/mol. The van der Waals surface area contributed by atoms with Crippen LogP contribution in [0.25, 0.3) is 0 Å². The smallest absolute Gasteiger partial charge is 0.119 e. The number of hydrogen-bond donors (Lipinski definition) is 0. The van der Waals surface area contributed by atoms with E-state index in [4.69, 9.17) is 4.74 Å². The molecule has 1 aromatic rings. The summed E-state index contributed by atoms with van der Waals surface area (Å²) in [7, 11) is 0. The molecular weight excluding hydrogens is 359 g/mol.